The first kappa shape index (κ1) is 16.4. The molecule has 0 atom stereocenters. The van der Waals surface area contributed by atoms with Crippen LogP contribution in [0.1, 0.15) is 11.1 Å². The highest BCUT2D eigenvalue weighted by molar-refractivity contribution is 5.90. The minimum atomic E-state index is -0.473. The van der Waals surface area contributed by atoms with Crippen LogP contribution in [0.5, 0.6) is 0 Å². The quantitative estimate of drug-likeness (QED) is 0.700. The number of ether oxygens (including phenoxy) is 1. The van der Waals surface area contributed by atoms with E-state index >= 15 is 0 Å². The number of carbonyl (C=O) groups excluding carboxylic acids is 1. The molecule has 3 N–H and O–H groups in total. The van der Waals surface area contributed by atoms with Crippen molar-refractivity contribution in [1.29, 1.82) is 0 Å². The van der Waals surface area contributed by atoms with Gasteiger partial charge in [0.1, 0.15) is 6.61 Å². The second-order valence-electron chi connectivity index (χ2n) is 5.34. The summed E-state index contributed by atoms with van der Waals surface area (Å²) in [6, 6.07) is 13.1. The SMILES string of the molecule is Nc1ccc2nccnc2c1C=CCNC(=O)OCc1ccccc1. The molecular weight excluding hydrogens is 316 g/mol. The van der Waals surface area contributed by atoms with E-state index < -0.39 is 6.09 Å². The highest BCUT2D eigenvalue weighted by atomic mass is 16.5. The van der Waals surface area contributed by atoms with Crippen LogP contribution >= 0.6 is 0 Å². The maximum absolute atomic E-state index is 11.7. The van der Waals surface area contributed by atoms with Gasteiger partial charge >= 0.3 is 6.09 Å². The molecule has 3 aromatic rings. The Bertz CT molecular complexity index is 894. The fraction of sp³-hybridized carbons (Fsp3) is 0.105. The summed E-state index contributed by atoms with van der Waals surface area (Å²) in [5.41, 5.74) is 9.84. The summed E-state index contributed by atoms with van der Waals surface area (Å²) in [5.74, 6) is 0. The predicted octanol–water partition coefficient (Wildman–Crippen LogP) is 3.15. The van der Waals surface area contributed by atoms with Crippen LogP contribution in [0.25, 0.3) is 17.1 Å². The third-order valence-corrected chi connectivity index (χ3v) is 3.57. The lowest BCUT2D eigenvalue weighted by Crippen LogP contribution is -2.24. The second kappa shape index (κ2) is 7.92. The molecule has 1 heterocycles. The van der Waals surface area contributed by atoms with Crippen molar-refractivity contribution >= 4 is 28.9 Å². The molecule has 0 aliphatic carbocycles. The second-order valence-corrected chi connectivity index (χ2v) is 5.34. The normalized spacial score (nSPS) is 10.9. The lowest BCUT2D eigenvalue weighted by atomic mass is 10.1. The van der Waals surface area contributed by atoms with Crippen LogP contribution in [0.2, 0.25) is 0 Å². The van der Waals surface area contributed by atoms with E-state index in [1.165, 1.54) is 0 Å². The Morgan fingerprint density at radius 2 is 1.92 bits per heavy atom. The number of amides is 1. The smallest absolute Gasteiger partial charge is 0.407 e. The Morgan fingerprint density at radius 1 is 1.12 bits per heavy atom. The number of benzene rings is 2. The van der Waals surface area contributed by atoms with Crippen LogP contribution in [0.15, 0.2) is 60.9 Å². The maximum atomic E-state index is 11.7. The fourth-order valence-electron chi connectivity index (χ4n) is 2.34. The zero-order valence-electron chi connectivity index (χ0n) is 13.6. The molecule has 0 radical (unpaired) electrons. The lowest BCUT2D eigenvalue weighted by Gasteiger charge is -2.06. The van der Waals surface area contributed by atoms with Crippen molar-refractivity contribution in [3.8, 4) is 0 Å². The first-order chi connectivity index (χ1) is 12.2. The third-order valence-electron chi connectivity index (χ3n) is 3.57. The van der Waals surface area contributed by atoms with Crippen molar-refractivity contribution in [1.82, 2.24) is 15.3 Å². The van der Waals surface area contributed by atoms with Gasteiger partial charge in [-0.15, -0.1) is 0 Å². The predicted molar refractivity (Wildman–Crippen MR) is 97.6 cm³/mol. The summed E-state index contributed by atoms with van der Waals surface area (Å²) >= 11 is 0. The molecular formula is C19H18N4O2. The molecule has 126 valence electrons. The number of nitrogen functional groups attached to an aromatic ring is 1. The summed E-state index contributed by atoms with van der Waals surface area (Å²) in [5, 5.41) is 2.67. The standard InChI is InChI=1S/C19H18N4O2/c20-16-8-9-17-18(22-12-11-21-17)15(16)7-4-10-23-19(24)25-13-14-5-2-1-3-6-14/h1-9,11-12H,10,13,20H2,(H,23,24). The van der Waals surface area contributed by atoms with Crippen molar-refractivity contribution in [3.63, 3.8) is 0 Å². The van der Waals surface area contributed by atoms with Crippen molar-refractivity contribution < 1.29 is 9.53 Å². The highest BCUT2D eigenvalue weighted by Crippen LogP contribution is 2.22. The van der Waals surface area contributed by atoms with E-state index in [0.29, 0.717) is 12.2 Å². The molecule has 1 aromatic heterocycles. The number of rotatable bonds is 5. The molecule has 0 bridgehead atoms. The monoisotopic (exact) mass is 334 g/mol. The first-order valence-electron chi connectivity index (χ1n) is 7.84. The van der Waals surface area contributed by atoms with E-state index in [4.69, 9.17) is 10.5 Å². The Hall–Kier alpha value is -3.41. The first-order valence-corrected chi connectivity index (χ1v) is 7.84. The molecule has 2 aromatic carbocycles. The van der Waals surface area contributed by atoms with Crippen LogP contribution in [-0.2, 0) is 11.3 Å². The van der Waals surface area contributed by atoms with Gasteiger partial charge in [-0.1, -0.05) is 42.5 Å². The van der Waals surface area contributed by atoms with Gasteiger partial charge in [0.05, 0.1) is 11.0 Å². The Labute approximate surface area is 145 Å². The molecule has 6 nitrogen and oxygen atoms in total. The number of alkyl carbamates (subject to hydrolysis) is 1. The minimum Gasteiger partial charge on any atom is -0.445 e. The van der Waals surface area contributed by atoms with Gasteiger partial charge in [-0.05, 0) is 17.7 Å². The number of nitrogens with zero attached hydrogens (tertiary/aromatic N) is 2. The molecule has 1 amide bonds. The van der Waals surface area contributed by atoms with E-state index in [1.807, 2.05) is 42.5 Å². The minimum absolute atomic E-state index is 0.238. The number of nitrogens with one attached hydrogen (secondary N) is 1. The molecule has 0 saturated carbocycles. The summed E-state index contributed by atoms with van der Waals surface area (Å²) in [7, 11) is 0. The average Bonchev–Trinajstić information content (AvgIpc) is 2.65. The average molecular weight is 334 g/mol. The number of nitrogens with two attached hydrogens (primary N) is 1. The van der Waals surface area contributed by atoms with Gasteiger partial charge in [0.2, 0.25) is 0 Å². The zero-order chi connectivity index (χ0) is 17.5. The fourth-order valence-corrected chi connectivity index (χ4v) is 2.34. The molecule has 0 unspecified atom stereocenters. The van der Waals surface area contributed by atoms with Gasteiger partial charge in [0.15, 0.2) is 0 Å². The summed E-state index contributed by atoms with van der Waals surface area (Å²) in [6.07, 6.45) is 6.40. The van der Waals surface area contributed by atoms with Crippen molar-refractivity contribution in [2.45, 2.75) is 6.61 Å². The lowest BCUT2D eigenvalue weighted by molar-refractivity contribution is 0.141. The van der Waals surface area contributed by atoms with Gasteiger partial charge < -0.3 is 15.8 Å². The molecule has 0 fully saturated rings. The molecule has 0 aliphatic rings. The number of fused-ring (bicyclic) bond motifs is 1. The summed E-state index contributed by atoms with van der Waals surface area (Å²) in [4.78, 5) is 20.3. The maximum Gasteiger partial charge on any atom is 0.407 e. The van der Waals surface area contributed by atoms with Gasteiger partial charge in [-0.3, -0.25) is 9.97 Å². The van der Waals surface area contributed by atoms with Crippen molar-refractivity contribution in [3.05, 3.63) is 72.1 Å². The van der Waals surface area contributed by atoms with Gasteiger partial charge in [-0.2, -0.15) is 0 Å². The van der Waals surface area contributed by atoms with Gasteiger partial charge in [0, 0.05) is 30.2 Å². The Morgan fingerprint density at radius 3 is 2.76 bits per heavy atom. The topological polar surface area (TPSA) is 90.1 Å². The van der Waals surface area contributed by atoms with E-state index in [1.54, 1.807) is 24.5 Å². The Kier molecular flexibility index (Phi) is 5.21. The molecule has 6 heteroatoms. The Balaban J connectivity index is 1.55. The van der Waals surface area contributed by atoms with Crippen LogP contribution in [0, 0.1) is 0 Å². The molecule has 25 heavy (non-hydrogen) atoms. The van der Waals surface area contributed by atoms with Crippen molar-refractivity contribution in [2.75, 3.05) is 12.3 Å². The summed E-state index contributed by atoms with van der Waals surface area (Å²) < 4.78 is 5.14. The third kappa shape index (κ3) is 4.32. The number of anilines is 1. The molecule has 0 spiro atoms. The van der Waals surface area contributed by atoms with Crippen LogP contribution in [0.3, 0.4) is 0 Å². The number of hydrogen-bond donors (Lipinski definition) is 2. The molecule has 0 saturated heterocycles. The highest BCUT2D eigenvalue weighted by Gasteiger charge is 2.04. The van der Waals surface area contributed by atoms with E-state index in [9.17, 15) is 4.79 Å². The van der Waals surface area contributed by atoms with Crippen LogP contribution < -0.4 is 11.1 Å². The summed E-state index contributed by atoms with van der Waals surface area (Å²) in [6.45, 7) is 0.561. The van der Waals surface area contributed by atoms with Gasteiger partial charge in [0.25, 0.3) is 0 Å². The number of hydrogen-bond acceptors (Lipinski definition) is 5. The van der Waals surface area contributed by atoms with Crippen molar-refractivity contribution in [2.24, 2.45) is 0 Å². The molecule has 3 rings (SSSR count). The van der Waals surface area contributed by atoms with Crippen LogP contribution in [-0.4, -0.2) is 22.6 Å². The molecule has 0 aliphatic heterocycles. The van der Waals surface area contributed by atoms with Crippen LogP contribution in [0.4, 0.5) is 10.5 Å². The largest absolute Gasteiger partial charge is 0.445 e. The number of carbonyl (C=O) groups is 1. The van der Waals surface area contributed by atoms with Gasteiger partial charge in [-0.25, -0.2) is 4.79 Å². The van der Waals surface area contributed by atoms with E-state index in [0.717, 1.165) is 22.2 Å². The van der Waals surface area contributed by atoms with E-state index in [-0.39, 0.29) is 6.61 Å². The van der Waals surface area contributed by atoms with E-state index in [2.05, 4.69) is 15.3 Å². The zero-order valence-corrected chi connectivity index (χ0v) is 13.6. The number of aromatic nitrogens is 2.